The first-order chi connectivity index (χ1) is 9.08. The van der Waals surface area contributed by atoms with E-state index in [1.165, 1.54) is 0 Å². The minimum absolute atomic E-state index is 0.0155. The van der Waals surface area contributed by atoms with E-state index in [2.05, 4.69) is 5.32 Å². The minimum atomic E-state index is -0.304. The van der Waals surface area contributed by atoms with Gasteiger partial charge in [-0.3, -0.25) is 4.79 Å². The topological polar surface area (TPSA) is 58.6 Å². The predicted molar refractivity (Wildman–Crippen MR) is 75.2 cm³/mol. The predicted octanol–water partition coefficient (Wildman–Crippen LogP) is 2.04. The zero-order chi connectivity index (χ0) is 14.1. The van der Waals surface area contributed by atoms with E-state index >= 15 is 0 Å². The van der Waals surface area contributed by atoms with Crippen LogP contribution in [0.5, 0.6) is 5.75 Å². The Bertz CT molecular complexity index is 391. The van der Waals surface area contributed by atoms with Gasteiger partial charge in [0.05, 0.1) is 19.1 Å². The van der Waals surface area contributed by atoms with Crippen LogP contribution < -0.4 is 10.1 Å². The van der Waals surface area contributed by atoms with E-state index in [-0.39, 0.29) is 12.0 Å². The number of amides is 1. The second kappa shape index (κ2) is 8.53. The first-order valence-electron chi connectivity index (χ1n) is 6.72. The lowest BCUT2D eigenvalue weighted by atomic mass is 10.2. The van der Waals surface area contributed by atoms with Gasteiger partial charge < -0.3 is 15.2 Å². The molecule has 0 radical (unpaired) electrons. The molecule has 0 spiro atoms. The standard InChI is InChI=1S/C15H23NO3/c1-12-5-3-7-14(11-12)19-10-8-15(18)16-9-4-6-13(2)17/h3,5,7,11,13,17H,4,6,8-10H2,1-2H3,(H,16,18). The summed E-state index contributed by atoms with van der Waals surface area (Å²) in [7, 11) is 0. The van der Waals surface area contributed by atoms with E-state index in [4.69, 9.17) is 9.84 Å². The second-order valence-electron chi connectivity index (χ2n) is 4.76. The molecular weight excluding hydrogens is 242 g/mol. The van der Waals surface area contributed by atoms with Crippen molar-refractivity contribution in [2.45, 2.75) is 39.2 Å². The van der Waals surface area contributed by atoms with E-state index in [0.717, 1.165) is 17.7 Å². The van der Waals surface area contributed by atoms with Crippen LogP contribution in [0.15, 0.2) is 24.3 Å². The lowest BCUT2D eigenvalue weighted by molar-refractivity contribution is -0.121. The van der Waals surface area contributed by atoms with Crippen LogP contribution in [0.4, 0.5) is 0 Å². The van der Waals surface area contributed by atoms with Gasteiger partial charge >= 0.3 is 0 Å². The van der Waals surface area contributed by atoms with Gasteiger partial charge in [-0.1, -0.05) is 12.1 Å². The van der Waals surface area contributed by atoms with Gasteiger partial charge in [0, 0.05) is 6.54 Å². The van der Waals surface area contributed by atoms with Crippen LogP contribution in [0, 0.1) is 6.92 Å². The number of hydrogen-bond donors (Lipinski definition) is 2. The third-order valence-corrected chi connectivity index (χ3v) is 2.71. The maximum Gasteiger partial charge on any atom is 0.223 e. The van der Waals surface area contributed by atoms with Crippen LogP contribution in [-0.2, 0) is 4.79 Å². The van der Waals surface area contributed by atoms with Crippen molar-refractivity contribution in [2.75, 3.05) is 13.2 Å². The Balaban J connectivity index is 2.10. The molecule has 4 heteroatoms. The van der Waals surface area contributed by atoms with Crippen LogP contribution in [0.1, 0.15) is 31.7 Å². The highest BCUT2D eigenvalue weighted by atomic mass is 16.5. The summed E-state index contributed by atoms with van der Waals surface area (Å²) in [5.74, 6) is 0.778. The number of aliphatic hydroxyl groups is 1. The van der Waals surface area contributed by atoms with Crippen molar-refractivity contribution in [1.82, 2.24) is 5.32 Å². The number of aliphatic hydroxyl groups excluding tert-OH is 1. The molecule has 1 unspecified atom stereocenters. The molecule has 1 aromatic carbocycles. The van der Waals surface area contributed by atoms with Crippen LogP contribution >= 0.6 is 0 Å². The third-order valence-electron chi connectivity index (χ3n) is 2.71. The number of carbonyl (C=O) groups excluding carboxylic acids is 1. The second-order valence-corrected chi connectivity index (χ2v) is 4.76. The van der Waals surface area contributed by atoms with Crippen molar-refractivity contribution in [3.05, 3.63) is 29.8 Å². The van der Waals surface area contributed by atoms with Crippen molar-refractivity contribution in [1.29, 1.82) is 0 Å². The third kappa shape index (κ3) is 7.47. The molecule has 0 aliphatic carbocycles. The van der Waals surface area contributed by atoms with Gasteiger partial charge in [0.25, 0.3) is 0 Å². The quantitative estimate of drug-likeness (QED) is 0.707. The Hall–Kier alpha value is -1.55. The SMILES string of the molecule is Cc1cccc(OCCC(=O)NCCCC(C)O)c1. The summed E-state index contributed by atoms with van der Waals surface area (Å²) in [4.78, 5) is 11.5. The van der Waals surface area contributed by atoms with E-state index < -0.39 is 0 Å². The van der Waals surface area contributed by atoms with Crippen LogP contribution in [-0.4, -0.2) is 30.3 Å². The van der Waals surface area contributed by atoms with Gasteiger partial charge in [-0.05, 0) is 44.4 Å². The highest BCUT2D eigenvalue weighted by molar-refractivity contribution is 5.75. The normalized spacial score (nSPS) is 11.9. The molecular formula is C15H23NO3. The van der Waals surface area contributed by atoms with E-state index in [0.29, 0.717) is 26.0 Å². The summed E-state index contributed by atoms with van der Waals surface area (Å²) in [5.41, 5.74) is 1.14. The fraction of sp³-hybridized carbons (Fsp3) is 0.533. The summed E-state index contributed by atoms with van der Waals surface area (Å²) in [6, 6.07) is 7.76. The Morgan fingerprint density at radius 3 is 2.95 bits per heavy atom. The monoisotopic (exact) mass is 265 g/mol. The fourth-order valence-corrected chi connectivity index (χ4v) is 1.68. The maximum atomic E-state index is 11.5. The molecule has 0 fully saturated rings. The number of ether oxygens (including phenoxy) is 1. The van der Waals surface area contributed by atoms with Crippen molar-refractivity contribution in [3.8, 4) is 5.75 Å². The fourth-order valence-electron chi connectivity index (χ4n) is 1.68. The molecule has 0 heterocycles. The summed E-state index contributed by atoms with van der Waals surface area (Å²) < 4.78 is 5.50. The molecule has 19 heavy (non-hydrogen) atoms. The molecule has 0 aliphatic heterocycles. The Morgan fingerprint density at radius 2 is 2.26 bits per heavy atom. The first-order valence-corrected chi connectivity index (χ1v) is 6.72. The number of benzene rings is 1. The minimum Gasteiger partial charge on any atom is -0.493 e. The number of rotatable bonds is 8. The summed E-state index contributed by atoms with van der Waals surface area (Å²) in [5, 5.41) is 11.9. The number of aryl methyl sites for hydroxylation is 1. The smallest absolute Gasteiger partial charge is 0.223 e. The van der Waals surface area contributed by atoms with Gasteiger partial charge in [0.2, 0.25) is 5.91 Å². The van der Waals surface area contributed by atoms with Crippen molar-refractivity contribution in [2.24, 2.45) is 0 Å². The average molecular weight is 265 g/mol. The zero-order valence-corrected chi connectivity index (χ0v) is 11.7. The summed E-state index contributed by atoms with van der Waals surface area (Å²) in [6.45, 7) is 4.74. The number of carbonyl (C=O) groups is 1. The number of nitrogens with one attached hydrogen (secondary N) is 1. The maximum absolute atomic E-state index is 11.5. The van der Waals surface area contributed by atoms with Gasteiger partial charge in [0.1, 0.15) is 5.75 Å². The number of hydrogen-bond acceptors (Lipinski definition) is 3. The van der Waals surface area contributed by atoms with Gasteiger partial charge in [-0.15, -0.1) is 0 Å². The molecule has 0 saturated heterocycles. The molecule has 1 amide bonds. The molecule has 0 saturated carbocycles. The van der Waals surface area contributed by atoms with E-state index in [1.54, 1.807) is 6.92 Å². The average Bonchev–Trinajstić information content (AvgIpc) is 2.34. The first kappa shape index (κ1) is 15.5. The van der Waals surface area contributed by atoms with E-state index in [1.807, 2.05) is 31.2 Å². The lowest BCUT2D eigenvalue weighted by Gasteiger charge is -2.08. The van der Waals surface area contributed by atoms with Crippen molar-refractivity contribution >= 4 is 5.91 Å². The van der Waals surface area contributed by atoms with Crippen LogP contribution in [0.3, 0.4) is 0 Å². The van der Waals surface area contributed by atoms with Gasteiger partial charge in [-0.2, -0.15) is 0 Å². The molecule has 0 bridgehead atoms. The highest BCUT2D eigenvalue weighted by Crippen LogP contribution is 2.12. The van der Waals surface area contributed by atoms with Gasteiger partial charge in [-0.25, -0.2) is 0 Å². The molecule has 0 aromatic heterocycles. The summed E-state index contributed by atoms with van der Waals surface area (Å²) in [6.07, 6.45) is 1.55. The molecule has 1 rings (SSSR count). The molecule has 1 aromatic rings. The molecule has 106 valence electrons. The molecule has 4 nitrogen and oxygen atoms in total. The Labute approximate surface area is 114 Å². The van der Waals surface area contributed by atoms with Crippen LogP contribution in [0.2, 0.25) is 0 Å². The Kier molecular flexibility index (Phi) is 6.97. The summed E-state index contributed by atoms with van der Waals surface area (Å²) >= 11 is 0. The lowest BCUT2D eigenvalue weighted by Crippen LogP contribution is -2.26. The molecule has 2 N–H and O–H groups in total. The van der Waals surface area contributed by atoms with E-state index in [9.17, 15) is 4.79 Å². The zero-order valence-electron chi connectivity index (χ0n) is 11.7. The molecule has 0 aliphatic rings. The van der Waals surface area contributed by atoms with Crippen molar-refractivity contribution < 1.29 is 14.6 Å². The Morgan fingerprint density at radius 1 is 1.47 bits per heavy atom. The highest BCUT2D eigenvalue weighted by Gasteiger charge is 2.02. The van der Waals surface area contributed by atoms with Crippen LogP contribution in [0.25, 0.3) is 0 Å². The largest absolute Gasteiger partial charge is 0.493 e. The molecule has 1 atom stereocenters. The van der Waals surface area contributed by atoms with Crippen molar-refractivity contribution in [3.63, 3.8) is 0 Å². The van der Waals surface area contributed by atoms with Gasteiger partial charge in [0.15, 0.2) is 0 Å².